The molecule has 0 bridgehead atoms. The number of hydrogen-bond acceptors (Lipinski definition) is 5. The summed E-state index contributed by atoms with van der Waals surface area (Å²) in [5.74, 6) is 0.163. The van der Waals surface area contributed by atoms with E-state index in [9.17, 15) is 21.4 Å². The molecule has 0 saturated heterocycles. The first kappa shape index (κ1) is 24.2. The molecule has 0 atom stereocenters. The molecule has 6 nitrogen and oxygen atoms in total. The van der Waals surface area contributed by atoms with E-state index in [1.54, 1.807) is 24.3 Å². The number of hydrogen-bond donors (Lipinski definition) is 1. The van der Waals surface area contributed by atoms with Crippen molar-refractivity contribution in [3.8, 4) is 5.75 Å². The van der Waals surface area contributed by atoms with Crippen LogP contribution in [0.5, 0.6) is 5.75 Å². The van der Waals surface area contributed by atoms with Crippen LogP contribution in [0.25, 0.3) is 10.8 Å². The summed E-state index contributed by atoms with van der Waals surface area (Å²) < 4.78 is 67.3. The van der Waals surface area contributed by atoms with Crippen LogP contribution < -0.4 is 4.18 Å². The molecule has 4 rings (SSSR count). The maximum Gasteiger partial charge on any atom is 0.339 e. The summed E-state index contributed by atoms with van der Waals surface area (Å²) in [4.78, 5) is -0.145. The van der Waals surface area contributed by atoms with Gasteiger partial charge in [0, 0.05) is 17.9 Å². The highest BCUT2D eigenvalue weighted by atomic mass is 127. The second-order valence-corrected chi connectivity index (χ2v) is 13.1. The predicted molar refractivity (Wildman–Crippen MR) is 139 cm³/mol. The minimum Gasteiger partial charge on any atom is -0.378 e. The minimum absolute atomic E-state index is 0.0106. The van der Waals surface area contributed by atoms with Crippen molar-refractivity contribution in [2.75, 3.05) is 0 Å². The Morgan fingerprint density at radius 1 is 0.844 bits per heavy atom. The van der Waals surface area contributed by atoms with Crippen LogP contribution in [0.2, 0.25) is 0 Å². The molecule has 0 aliphatic heterocycles. The molecule has 1 saturated carbocycles. The summed E-state index contributed by atoms with van der Waals surface area (Å²) >= 11 is 4.29. The summed E-state index contributed by atoms with van der Waals surface area (Å²) in [6.45, 7) is 0. The molecule has 1 aliphatic rings. The van der Waals surface area contributed by atoms with Gasteiger partial charge in [0.1, 0.15) is 9.79 Å². The zero-order chi connectivity index (χ0) is 23.1. The molecular weight excluding hydrogens is 678 g/mol. The molecule has 0 aromatic heterocycles. The van der Waals surface area contributed by atoms with Crippen LogP contribution in [0.4, 0.5) is 0 Å². The van der Waals surface area contributed by atoms with Gasteiger partial charge in [0.05, 0.1) is 0 Å². The van der Waals surface area contributed by atoms with E-state index in [0.717, 1.165) is 50.9 Å². The van der Waals surface area contributed by atoms with E-state index in [-0.39, 0.29) is 32.2 Å². The average Bonchev–Trinajstić information content (AvgIpc) is 2.73. The first-order valence-corrected chi connectivity index (χ1v) is 15.0. The van der Waals surface area contributed by atoms with Crippen molar-refractivity contribution in [2.24, 2.45) is 0 Å². The molecule has 0 heterocycles. The third kappa shape index (κ3) is 4.93. The standard InChI is InChI=1S/C22H20I2O6S2/c23-15-12-18(24)22(14-6-2-1-3-7-14)21(13-15)32(28,29)30-19-10-11-20(31(25,26)27)17-9-5-4-8-16(17)19/h4-5,8-14H,1-3,6-7H2,(H,25,26,27). The molecule has 10 heteroatoms. The van der Waals surface area contributed by atoms with E-state index in [4.69, 9.17) is 4.18 Å². The Kier molecular flexibility index (Phi) is 7.07. The van der Waals surface area contributed by atoms with Crippen LogP contribution >= 0.6 is 45.2 Å². The second kappa shape index (κ2) is 9.35. The third-order valence-corrected chi connectivity index (χ3v) is 9.36. The van der Waals surface area contributed by atoms with Crippen molar-refractivity contribution >= 4 is 76.2 Å². The molecule has 3 aromatic rings. The monoisotopic (exact) mass is 698 g/mol. The highest BCUT2D eigenvalue weighted by Gasteiger charge is 2.30. The highest BCUT2D eigenvalue weighted by molar-refractivity contribution is 14.1. The SMILES string of the molecule is O=S(=O)(O)c1ccc(OS(=O)(=O)c2cc(I)cc(I)c2C2CCCCC2)c2ccccc12. The van der Waals surface area contributed by atoms with Crippen molar-refractivity contribution in [2.45, 2.75) is 47.8 Å². The van der Waals surface area contributed by atoms with E-state index in [2.05, 4.69) is 45.2 Å². The average molecular weight is 698 g/mol. The molecule has 1 fully saturated rings. The predicted octanol–water partition coefficient (Wildman–Crippen LogP) is 6.11. The van der Waals surface area contributed by atoms with Crippen molar-refractivity contribution < 1.29 is 25.6 Å². The smallest absolute Gasteiger partial charge is 0.339 e. The Balaban J connectivity index is 1.84. The summed E-state index contributed by atoms with van der Waals surface area (Å²) in [6, 6.07) is 12.4. The van der Waals surface area contributed by atoms with Gasteiger partial charge in [0.25, 0.3) is 10.1 Å². The van der Waals surface area contributed by atoms with Crippen LogP contribution in [0.1, 0.15) is 43.6 Å². The highest BCUT2D eigenvalue weighted by Crippen LogP contribution is 2.41. The number of benzene rings is 3. The molecule has 0 spiro atoms. The molecule has 0 unspecified atom stereocenters. The molecule has 0 radical (unpaired) electrons. The molecule has 0 amide bonds. The summed E-state index contributed by atoms with van der Waals surface area (Å²) in [7, 11) is -8.68. The Morgan fingerprint density at radius 2 is 1.50 bits per heavy atom. The largest absolute Gasteiger partial charge is 0.378 e. The topological polar surface area (TPSA) is 97.7 Å². The fraction of sp³-hybridized carbons (Fsp3) is 0.273. The van der Waals surface area contributed by atoms with Gasteiger partial charge in [0.15, 0.2) is 5.75 Å². The normalized spacial score (nSPS) is 15.7. The van der Waals surface area contributed by atoms with E-state index in [0.29, 0.717) is 0 Å². The molecule has 3 aromatic carbocycles. The Bertz CT molecular complexity index is 1400. The van der Waals surface area contributed by atoms with Crippen LogP contribution in [-0.2, 0) is 20.2 Å². The third-order valence-electron chi connectivity index (χ3n) is 5.66. The lowest BCUT2D eigenvalue weighted by atomic mass is 9.84. The van der Waals surface area contributed by atoms with Crippen LogP contribution in [-0.4, -0.2) is 21.4 Å². The fourth-order valence-corrected chi connectivity index (χ4v) is 8.92. The van der Waals surface area contributed by atoms with Gasteiger partial charge in [-0.3, -0.25) is 4.55 Å². The van der Waals surface area contributed by atoms with Gasteiger partial charge in [-0.2, -0.15) is 16.8 Å². The van der Waals surface area contributed by atoms with Gasteiger partial charge in [0.2, 0.25) is 0 Å². The zero-order valence-electron chi connectivity index (χ0n) is 16.8. The first-order valence-electron chi connectivity index (χ1n) is 10.0. The molecule has 170 valence electrons. The van der Waals surface area contributed by atoms with Gasteiger partial charge >= 0.3 is 10.1 Å². The Hall–Kier alpha value is -0.960. The maximum absolute atomic E-state index is 13.5. The van der Waals surface area contributed by atoms with Crippen molar-refractivity contribution in [1.82, 2.24) is 0 Å². The lowest BCUT2D eigenvalue weighted by molar-refractivity contribution is 0.433. The van der Waals surface area contributed by atoms with Crippen molar-refractivity contribution in [3.63, 3.8) is 0 Å². The number of rotatable bonds is 5. The van der Waals surface area contributed by atoms with Gasteiger partial charge in [-0.15, -0.1) is 0 Å². The lowest BCUT2D eigenvalue weighted by Crippen LogP contribution is -2.17. The van der Waals surface area contributed by atoms with Crippen molar-refractivity contribution in [1.29, 1.82) is 0 Å². The Labute approximate surface area is 214 Å². The second-order valence-electron chi connectivity index (χ2n) is 7.75. The van der Waals surface area contributed by atoms with Crippen LogP contribution in [0.15, 0.2) is 58.3 Å². The van der Waals surface area contributed by atoms with Crippen LogP contribution in [0.3, 0.4) is 0 Å². The summed E-state index contributed by atoms with van der Waals surface area (Å²) in [5, 5.41) is 0.471. The Morgan fingerprint density at radius 3 is 2.16 bits per heavy atom. The number of fused-ring (bicyclic) bond motifs is 1. The van der Waals surface area contributed by atoms with Crippen LogP contribution in [0, 0.1) is 7.14 Å². The van der Waals surface area contributed by atoms with Gasteiger partial charge in [-0.05, 0) is 93.8 Å². The van der Waals surface area contributed by atoms with E-state index in [1.165, 1.54) is 12.1 Å². The van der Waals surface area contributed by atoms with Crippen molar-refractivity contribution in [3.05, 3.63) is 61.2 Å². The zero-order valence-corrected chi connectivity index (χ0v) is 22.7. The minimum atomic E-state index is -4.48. The van der Waals surface area contributed by atoms with E-state index in [1.807, 2.05) is 6.07 Å². The van der Waals surface area contributed by atoms with E-state index < -0.39 is 20.2 Å². The molecule has 1 aliphatic carbocycles. The first-order chi connectivity index (χ1) is 15.1. The van der Waals surface area contributed by atoms with Gasteiger partial charge in [-0.1, -0.05) is 43.5 Å². The summed E-state index contributed by atoms with van der Waals surface area (Å²) in [5.41, 5.74) is 0.796. The molecular formula is C22H20I2O6S2. The van der Waals surface area contributed by atoms with E-state index >= 15 is 0 Å². The quantitative estimate of drug-likeness (QED) is 0.196. The summed E-state index contributed by atoms with van der Waals surface area (Å²) in [6.07, 6.45) is 5.15. The maximum atomic E-state index is 13.5. The lowest BCUT2D eigenvalue weighted by Gasteiger charge is -2.25. The number of halogens is 2. The molecule has 32 heavy (non-hydrogen) atoms. The van der Waals surface area contributed by atoms with Gasteiger partial charge < -0.3 is 4.18 Å². The van der Waals surface area contributed by atoms with Gasteiger partial charge in [-0.25, -0.2) is 0 Å². The molecule has 1 N–H and O–H groups in total. The fourth-order valence-electron chi connectivity index (χ4n) is 4.26.